The molecular formula is C24H23N5O4S. The number of amidine groups is 1. The average Bonchev–Trinajstić information content (AvgIpc) is 3.16. The molecule has 0 fully saturated rings. The maximum absolute atomic E-state index is 13.0. The second kappa shape index (κ2) is 8.40. The molecule has 0 bridgehead atoms. The summed E-state index contributed by atoms with van der Waals surface area (Å²) in [7, 11) is -3.94. The van der Waals surface area contributed by atoms with Crippen molar-refractivity contribution in [2.24, 2.45) is 21.8 Å². The first-order valence-corrected chi connectivity index (χ1v) is 11.8. The minimum absolute atomic E-state index is 0.00627. The molecule has 9 nitrogen and oxygen atoms in total. The molecule has 174 valence electrons. The Hall–Kier alpha value is -4.02. The summed E-state index contributed by atoms with van der Waals surface area (Å²) >= 11 is 0. The number of primary amides is 1. The Kier molecular flexibility index (Phi) is 5.72. The monoisotopic (exact) mass is 477 g/mol. The van der Waals surface area contributed by atoms with E-state index in [0.29, 0.717) is 33.5 Å². The highest BCUT2D eigenvalue weighted by molar-refractivity contribution is 7.89. The second-order valence-corrected chi connectivity index (χ2v) is 9.50. The van der Waals surface area contributed by atoms with Gasteiger partial charge in [0.05, 0.1) is 4.90 Å². The molecule has 1 aliphatic rings. The van der Waals surface area contributed by atoms with Gasteiger partial charge in [-0.2, -0.15) is 0 Å². The molecule has 0 saturated heterocycles. The average molecular weight is 478 g/mol. The highest BCUT2D eigenvalue weighted by atomic mass is 32.2. The van der Waals surface area contributed by atoms with Gasteiger partial charge >= 0.3 is 0 Å². The molecule has 2 unspecified atom stereocenters. The highest BCUT2D eigenvalue weighted by Crippen LogP contribution is 2.40. The minimum atomic E-state index is -3.94. The molecule has 1 amide bonds. The van der Waals surface area contributed by atoms with E-state index in [4.69, 9.17) is 26.9 Å². The summed E-state index contributed by atoms with van der Waals surface area (Å²) in [5.74, 6) is -0.792. The van der Waals surface area contributed by atoms with Crippen molar-refractivity contribution in [3.05, 3.63) is 89.5 Å². The van der Waals surface area contributed by atoms with Crippen molar-refractivity contribution in [1.82, 2.24) is 0 Å². The van der Waals surface area contributed by atoms with E-state index in [1.54, 1.807) is 73.7 Å². The molecule has 3 aromatic rings. The summed E-state index contributed by atoms with van der Waals surface area (Å²) < 4.78 is 24.0. The number of oxime groups is 1. The van der Waals surface area contributed by atoms with Crippen LogP contribution in [-0.2, 0) is 25.1 Å². The third-order valence-corrected chi connectivity index (χ3v) is 6.93. The van der Waals surface area contributed by atoms with Crippen molar-refractivity contribution in [2.75, 3.05) is 0 Å². The van der Waals surface area contributed by atoms with Crippen LogP contribution in [0, 0.1) is 5.41 Å². The van der Waals surface area contributed by atoms with Gasteiger partial charge in [-0.3, -0.25) is 10.2 Å². The molecule has 7 N–H and O–H groups in total. The first-order valence-electron chi connectivity index (χ1n) is 10.3. The van der Waals surface area contributed by atoms with Crippen LogP contribution in [0.25, 0.3) is 11.1 Å². The highest BCUT2D eigenvalue weighted by Gasteiger charge is 2.54. The fraction of sp³-hybridized carbons (Fsp3) is 0.125. The maximum atomic E-state index is 13.0. The van der Waals surface area contributed by atoms with Gasteiger partial charge < -0.3 is 16.3 Å². The molecule has 0 spiro atoms. The number of sulfonamides is 1. The molecule has 1 heterocycles. The zero-order valence-electron chi connectivity index (χ0n) is 18.2. The fourth-order valence-electron chi connectivity index (χ4n) is 4.29. The number of nitrogens with zero attached hydrogens (tertiary/aromatic N) is 1. The molecule has 10 heteroatoms. The first kappa shape index (κ1) is 23.1. The molecule has 3 aromatic carbocycles. The Morgan fingerprint density at radius 3 is 2.29 bits per heavy atom. The smallest absolute Gasteiger partial charge is 0.238 e. The van der Waals surface area contributed by atoms with Crippen LogP contribution in [0.5, 0.6) is 0 Å². The van der Waals surface area contributed by atoms with Gasteiger partial charge in [0.25, 0.3) is 0 Å². The predicted molar refractivity (Wildman–Crippen MR) is 129 cm³/mol. The van der Waals surface area contributed by atoms with Crippen LogP contribution in [-0.4, -0.2) is 32.0 Å². The topological polar surface area (TPSA) is 175 Å². The second-order valence-electron chi connectivity index (χ2n) is 7.97. The Balaban J connectivity index is 1.85. The third-order valence-electron chi connectivity index (χ3n) is 5.97. The number of benzene rings is 3. The van der Waals surface area contributed by atoms with Gasteiger partial charge in [-0.25, -0.2) is 13.6 Å². The van der Waals surface area contributed by atoms with Crippen LogP contribution in [0.2, 0.25) is 0 Å². The summed E-state index contributed by atoms with van der Waals surface area (Å²) in [6, 6.07) is 19.9. The lowest BCUT2D eigenvalue weighted by Crippen LogP contribution is -2.52. The van der Waals surface area contributed by atoms with Gasteiger partial charge in [-0.05, 0) is 30.2 Å². The summed E-state index contributed by atoms with van der Waals surface area (Å²) in [5, 5.41) is 17.3. The zero-order chi connectivity index (χ0) is 24.7. The van der Waals surface area contributed by atoms with E-state index < -0.39 is 27.4 Å². The lowest BCUT2D eigenvalue weighted by atomic mass is 9.70. The van der Waals surface area contributed by atoms with Crippen LogP contribution in [0.1, 0.15) is 23.6 Å². The van der Waals surface area contributed by atoms with Crippen molar-refractivity contribution >= 4 is 27.5 Å². The van der Waals surface area contributed by atoms with E-state index in [9.17, 15) is 13.2 Å². The molecule has 34 heavy (non-hydrogen) atoms. The Morgan fingerprint density at radius 1 is 1.00 bits per heavy atom. The van der Waals surface area contributed by atoms with E-state index in [-0.39, 0.29) is 10.7 Å². The number of primary sulfonamides is 1. The molecule has 1 aliphatic heterocycles. The minimum Gasteiger partial charge on any atom is -0.391 e. The van der Waals surface area contributed by atoms with E-state index in [1.807, 2.05) is 0 Å². The van der Waals surface area contributed by atoms with Crippen LogP contribution in [0.15, 0.2) is 82.8 Å². The number of nitrogen functional groups attached to an aromatic ring is 1. The first-order chi connectivity index (χ1) is 16.1. The number of amides is 1. The van der Waals surface area contributed by atoms with Gasteiger partial charge in [0, 0.05) is 16.7 Å². The third kappa shape index (κ3) is 3.72. The lowest BCUT2D eigenvalue weighted by molar-refractivity contribution is -0.124. The fourth-order valence-corrected chi connectivity index (χ4v) is 5.05. The van der Waals surface area contributed by atoms with Crippen molar-refractivity contribution in [3.63, 3.8) is 0 Å². The summed E-state index contributed by atoms with van der Waals surface area (Å²) in [6.45, 7) is 1.69. The zero-order valence-corrected chi connectivity index (χ0v) is 19.0. The summed E-state index contributed by atoms with van der Waals surface area (Å²) in [6.07, 6.45) is -0.719. The molecule has 2 atom stereocenters. The summed E-state index contributed by atoms with van der Waals surface area (Å²) in [5.41, 5.74) is 13.0. The molecule has 4 rings (SSSR count). The summed E-state index contributed by atoms with van der Waals surface area (Å²) in [4.78, 5) is 18.5. The molecule has 0 aromatic heterocycles. The van der Waals surface area contributed by atoms with Crippen molar-refractivity contribution in [1.29, 1.82) is 5.41 Å². The van der Waals surface area contributed by atoms with Crippen LogP contribution in [0.3, 0.4) is 0 Å². The van der Waals surface area contributed by atoms with Crippen LogP contribution >= 0.6 is 0 Å². The van der Waals surface area contributed by atoms with E-state index in [0.717, 1.165) is 0 Å². The number of carbonyl (C=O) groups is 1. The Morgan fingerprint density at radius 2 is 1.68 bits per heavy atom. The molecule has 0 radical (unpaired) electrons. The quantitative estimate of drug-likeness (QED) is 0.312. The maximum Gasteiger partial charge on any atom is 0.238 e. The van der Waals surface area contributed by atoms with Crippen LogP contribution in [0.4, 0.5) is 0 Å². The molecule has 0 aliphatic carbocycles. The lowest BCUT2D eigenvalue weighted by Gasteiger charge is -2.30. The number of hydrogen-bond donors (Lipinski definition) is 4. The van der Waals surface area contributed by atoms with Crippen molar-refractivity contribution < 1.29 is 18.0 Å². The van der Waals surface area contributed by atoms with Gasteiger partial charge in [-0.15, -0.1) is 0 Å². The number of carbonyl (C=O) groups excluding carboxylic acids is 1. The van der Waals surface area contributed by atoms with Gasteiger partial charge in [-0.1, -0.05) is 65.8 Å². The van der Waals surface area contributed by atoms with Gasteiger partial charge in [0.2, 0.25) is 15.9 Å². The Bertz CT molecular complexity index is 1430. The van der Waals surface area contributed by atoms with Gasteiger partial charge in [0.15, 0.2) is 5.41 Å². The van der Waals surface area contributed by atoms with E-state index in [2.05, 4.69) is 5.16 Å². The predicted octanol–water partition coefficient (Wildman–Crippen LogP) is 1.83. The van der Waals surface area contributed by atoms with Gasteiger partial charge in [0.1, 0.15) is 17.7 Å². The number of nitrogens with two attached hydrogens (primary N) is 3. The number of hydrogen-bond acceptors (Lipinski definition) is 6. The van der Waals surface area contributed by atoms with E-state index >= 15 is 0 Å². The number of rotatable bonds is 6. The number of nitrogens with one attached hydrogen (secondary N) is 1. The Labute approximate surface area is 196 Å². The standard InChI is InChI=1S/C24H23N5O4S/c1-14-24(23(27)30,21(29-33-14)16-5-4-6-17(13-16)22(25)26)18-11-9-15(10-12-18)19-7-2-3-8-20(19)34(28,31)32/h2-14H,1H3,(H3,25,26)(H2,27,30)(H2,28,31,32). The molecule has 0 saturated carbocycles. The van der Waals surface area contributed by atoms with Crippen molar-refractivity contribution in [2.45, 2.75) is 23.3 Å². The largest absolute Gasteiger partial charge is 0.391 e. The van der Waals surface area contributed by atoms with Crippen molar-refractivity contribution in [3.8, 4) is 11.1 Å². The van der Waals surface area contributed by atoms with E-state index in [1.165, 1.54) is 6.07 Å². The SMILES string of the molecule is CC1ON=C(c2cccc(C(=N)N)c2)C1(C(N)=O)c1ccc(-c2ccccc2S(N)(=O)=O)cc1. The van der Waals surface area contributed by atoms with Crippen LogP contribution < -0.4 is 16.6 Å². The normalized spacial score (nSPS) is 19.8. The molecular weight excluding hydrogens is 454 g/mol.